The number of aliphatic carboxylic acids is 1. The van der Waals surface area contributed by atoms with E-state index in [9.17, 15) is 19.5 Å². The molecule has 1 atom stereocenters. The third-order valence-corrected chi connectivity index (χ3v) is 4.37. The topological polar surface area (TPSA) is 96.9 Å². The average Bonchev–Trinajstić information content (AvgIpc) is 3.08. The Balaban J connectivity index is 1.66. The van der Waals surface area contributed by atoms with E-state index in [1.54, 1.807) is 36.2 Å². The summed E-state index contributed by atoms with van der Waals surface area (Å²) in [6, 6.07) is 5.25. The zero-order chi connectivity index (χ0) is 16.6. The molecule has 1 unspecified atom stereocenters. The summed E-state index contributed by atoms with van der Waals surface area (Å²) in [6.07, 6.45) is 2.20. The molecule has 0 spiro atoms. The summed E-state index contributed by atoms with van der Waals surface area (Å²) in [5.41, 5.74) is -0.634. The van der Waals surface area contributed by atoms with E-state index < -0.39 is 11.4 Å². The van der Waals surface area contributed by atoms with Crippen molar-refractivity contribution in [3.8, 4) is 0 Å². The van der Waals surface area contributed by atoms with Crippen molar-refractivity contribution in [2.45, 2.75) is 26.3 Å². The first-order chi connectivity index (χ1) is 10.9. The van der Waals surface area contributed by atoms with Gasteiger partial charge in [-0.15, -0.1) is 5.10 Å². The summed E-state index contributed by atoms with van der Waals surface area (Å²) in [4.78, 5) is 37.1. The minimum absolute atomic E-state index is 0.124. The third kappa shape index (κ3) is 2.71. The molecule has 0 bridgehead atoms. The van der Waals surface area contributed by atoms with Crippen molar-refractivity contribution in [2.24, 2.45) is 5.41 Å². The van der Waals surface area contributed by atoms with Gasteiger partial charge in [0.2, 0.25) is 5.91 Å². The average molecular weight is 318 g/mol. The third-order valence-electron chi connectivity index (χ3n) is 4.37. The van der Waals surface area contributed by atoms with Crippen molar-refractivity contribution in [1.29, 1.82) is 0 Å². The lowest BCUT2D eigenvalue weighted by Crippen LogP contribution is -2.35. The van der Waals surface area contributed by atoms with E-state index >= 15 is 0 Å². The Morgan fingerprint density at radius 1 is 1.39 bits per heavy atom. The summed E-state index contributed by atoms with van der Waals surface area (Å²) < 4.78 is 2.68. The predicted octanol–water partition coefficient (Wildman–Crippen LogP) is 0.209. The Labute approximate surface area is 131 Å². The maximum atomic E-state index is 12.2. The number of carboxylic acid groups (broad SMARTS) is 1. The number of nitrogens with zero attached hydrogens (tertiary/aromatic N) is 4. The molecule has 8 nitrogen and oxygen atoms in total. The number of likely N-dealkylation sites (tertiary alicyclic amines) is 1. The molecule has 122 valence electrons. The van der Waals surface area contributed by atoms with Crippen molar-refractivity contribution < 1.29 is 14.7 Å². The number of amides is 1. The van der Waals surface area contributed by atoms with Gasteiger partial charge in [0.1, 0.15) is 0 Å². The van der Waals surface area contributed by atoms with E-state index in [1.807, 2.05) is 0 Å². The van der Waals surface area contributed by atoms with Gasteiger partial charge in [-0.1, -0.05) is 6.07 Å². The fourth-order valence-electron chi connectivity index (χ4n) is 2.82. The van der Waals surface area contributed by atoms with Crippen LogP contribution in [0.5, 0.6) is 0 Å². The molecule has 0 saturated carbocycles. The van der Waals surface area contributed by atoms with Crippen LogP contribution in [0.3, 0.4) is 0 Å². The van der Waals surface area contributed by atoms with Crippen LogP contribution in [0.25, 0.3) is 5.65 Å². The Morgan fingerprint density at radius 2 is 2.17 bits per heavy atom. The van der Waals surface area contributed by atoms with E-state index in [0.717, 1.165) is 0 Å². The smallest absolute Gasteiger partial charge is 0.350 e. The van der Waals surface area contributed by atoms with E-state index in [1.165, 1.54) is 9.08 Å². The molecular formula is C15H18N4O4. The van der Waals surface area contributed by atoms with Crippen LogP contribution in [0.2, 0.25) is 0 Å². The van der Waals surface area contributed by atoms with Crippen molar-refractivity contribution >= 4 is 17.5 Å². The predicted molar refractivity (Wildman–Crippen MR) is 81.0 cm³/mol. The molecule has 0 radical (unpaired) electrons. The molecule has 2 aromatic heterocycles. The molecular weight excluding hydrogens is 300 g/mol. The van der Waals surface area contributed by atoms with Crippen LogP contribution in [0.4, 0.5) is 0 Å². The van der Waals surface area contributed by atoms with Crippen molar-refractivity contribution in [2.75, 3.05) is 13.1 Å². The maximum Gasteiger partial charge on any atom is 0.350 e. The first-order valence-corrected chi connectivity index (χ1v) is 7.46. The standard InChI is InChI=1S/C15H18N4O4/c1-15(13(21)22)6-9-17(10-15)12(20)5-8-19-14(23)18-7-3-2-4-11(18)16-19/h2-4,7H,5-6,8-10H2,1H3,(H,21,22). The van der Waals surface area contributed by atoms with Gasteiger partial charge < -0.3 is 10.0 Å². The monoisotopic (exact) mass is 318 g/mol. The van der Waals surface area contributed by atoms with Crippen LogP contribution in [-0.4, -0.2) is 49.2 Å². The fourth-order valence-corrected chi connectivity index (χ4v) is 2.82. The second-order valence-corrected chi connectivity index (χ2v) is 6.12. The Kier molecular flexibility index (Phi) is 3.67. The Bertz CT molecular complexity index is 824. The highest BCUT2D eigenvalue weighted by Crippen LogP contribution is 2.30. The van der Waals surface area contributed by atoms with Gasteiger partial charge in [0.15, 0.2) is 5.65 Å². The van der Waals surface area contributed by atoms with E-state index in [2.05, 4.69) is 5.10 Å². The van der Waals surface area contributed by atoms with Gasteiger partial charge in [0.05, 0.1) is 12.0 Å². The number of pyridine rings is 1. The molecule has 1 saturated heterocycles. The highest BCUT2D eigenvalue weighted by Gasteiger charge is 2.41. The van der Waals surface area contributed by atoms with Gasteiger partial charge in [0.25, 0.3) is 0 Å². The molecule has 23 heavy (non-hydrogen) atoms. The zero-order valence-corrected chi connectivity index (χ0v) is 12.8. The number of hydrogen-bond donors (Lipinski definition) is 1. The first-order valence-electron chi connectivity index (χ1n) is 7.46. The lowest BCUT2D eigenvalue weighted by atomic mass is 9.90. The molecule has 3 rings (SSSR count). The minimum Gasteiger partial charge on any atom is -0.481 e. The number of rotatable bonds is 4. The largest absolute Gasteiger partial charge is 0.481 e. The van der Waals surface area contributed by atoms with E-state index in [-0.39, 0.29) is 31.1 Å². The molecule has 8 heteroatoms. The van der Waals surface area contributed by atoms with Crippen LogP contribution in [0, 0.1) is 5.41 Å². The minimum atomic E-state index is -0.885. The first kappa shape index (κ1) is 15.3. The fraction of sp³-hybridized carbons (Fsp3) is 0.467. The zero-order valence-electron chi connectivity index (χ0n) is 12.8. The lowest BCUT2D eigenvalue weighted by Gasteiger charge is -2.20. The molecule has 2 aromatic rings. The quantitative estimate of drug-likeness (QED) is 0.869. The van der Waals surface area contributed by atoms with Gasteiger partial charge in [-0.2, -0.15) is 0 Å². The summed E-state index contributed by atoms with van der Waals surface area (Å²) >= 11 is 0. The van der Waals surface area contributed by atoms with Crippen molar-refractivity contribution in [3.05, 3.63) is 34.9 Å². The molecule has 0 aromatic carbocycles. The number of aromatic nitrogens is 3. The van der Waals surface area contributed by atoms with Crippen LogP contribution in [0.1, 0.15) is 19.8 Å². The van der Waals surface area contributed by atoms with Gasteiger partial charge in [-0.25, -0.2) is 9.48 Å². The summed E-state index contributed by atoms with van der Waals surface area (Å²) in [6.45, 7) is 2.47. The molecule has 0 aliphatic carbocycles. The number of carbonyl (C=O) groups is 2. The Morgan fingerprint density at radius 3 is 2.83 bits per heavy atom. The van der Waals surface area contributed by atoms with Gasteiger partial charge in [-0.3, -0.25) is 14.0 Å². The van der Waals surface area contributed by atoms with E-state index in [0.29, 0.717) is 18.6 Å². The molecule has 1 aliphatic rings. The van der Waals surface area contributed by atoms with E-state index in [4.69, 9.17) is 0 Å². The van der Waals surface area contributed by atoms with Crippen molar-refractivity contribution in [3.63, 3.8) is 0 Å². The molecule has 1 fully saturated rings. The summed E-state index contributed by atoms with van der Waals surface area (Å²) in [5, 5.41) is 13.4. The van der Waals surface area contributed by atoms with Gasteiger partial charge in [-0.05, 0) is 25.5 Å². The second kappa shape index (κ2) is 5.53. The van der Waals surface area contributed by atoms with Crippen LogP contribution >= 0.6 is 0 Å². The summed E-state index contributed by atoms with van der Waals surface area (Å²) in [5.74, 6) is -1.04. The molecule has 1 amide bonds. The number of fused-ring (bicyclic) bond motifs is 1. The number of carboxylic acids is 1. The lowest BCUT2D eigenvalue weighted by molar-refractivity contribution is -0.147. The molecule has 1 aliphatic heterocycles. The number of aryl methyl sites for hydroxylation is 1. The molecule has 3 heterocycles. The normalized spacial score (nSPS) is 21.0. The highest BCUT2D eigenvalue weighted by atomic mass is 16.4. The number of carbonyl (C=O) groups excluding carboxylic acids is 1. The second-order valence-electron chi connectivity index (χ2n) is 6.12. The Hall–Kier alpha value is -2.64. The van der Waals surface area contributed by atoms with Crippen LogP contribution in [-0.2, 0) is 16.1 Å². The summed E-state index contributed by atoms with van der Waals surface area (Å²) in [7, 11) is 0. The highest BCUT2D eigenvalue weighted by molar-refractivity contribution is 5.80. The maximum absolute atomic E-state index is 12.2. The van der Waals surface area contributed by atoms with Crippen LogP contribution < -0.4 is 5.69 Å². The number of hydrogen-bond acceptors (Lipinski definition) is 4. The molecule has 1 N–H and O–H groups in total. The van der Waals surface area contributed by atoms with Crippen molar-refractivity contribution in [1.82, 2.24) is 19.1 Å². The van der Waals surface area contributed by atoms with Gasteiger partial charge in [0, 0.05) is 25.7 Å². The van der Waals surface area contributed by atoms with Crippen LogP contribution in [0.15, 0.2) is 29.2 Å². The SMILES string of the molecule is CC1(C(=O)O)CCN(C(=O)CCn2nc3ccccn3c2=O)C1. The van der Waals surface area contributed by atoms with Gasteiger partial charge >= 0.3 is 11.7 Å².